The molecule has 3 rings (SSSR count). The Morgan fingerprint density at radius 2 is 1.58 bits per heavy atom. The number of rotatable bonds is 0. The third kappa shape index (κ3) is 1.53. The Morgan fingerprint density at radius 1 is 0.895 bits per heavy atom. The normalized spacial score (nSPS) is 29.4. The number of Topliss-reactive ketones (excluding diaryl/α,β-unsaturated/α-hetero) is 2. The van der Waals surface area contributed by atoms with Crippen LogP contribution in [0.3, 0.4) is 0 Å². The van der Waals surface area contributed by atoms with Gasteiger partial charge in [0, 0.05) is 11.1 Å². The molecule has 0 aromatic carbocycles. The first-order valence-electron chi connectivity index (χ1n) is 5.95. The van der Waals surface area contributed by atoms with Crippen LogP contribution >= 0.6 is 0 Å². The van der Waals surface area contributed by atoms with E-state index >= 15 is 0 Å². The van der Waals surface area contributed by atoms with Gasteiger partial charge in [0.25, 0.3) is 0 Å². The summed E-state index contributed by atoms with van der Waals surface area (Å²) in [6, 6.07) is 0. The van der Waals surface area contributed by atoms with Crippen LogP contribution in [-0.2, 0) is 19.2 Å². The van der Waals surface area contributed by atoms with Crippen LogP contribution in [0.25, 0.3) is 0 Å². The molecule has 1 saturated carbocycles. The number of carbonyl (C=O) groups is 4. The summed E-state index contributed by atoms with van der Waals surface area (Å²) in [6.45, 7) is 1.70. The molecule has 0 heterocycles. The lowest BCUT2D eigenvalue weighted by atomic mass is 9.67. The third-order valence-electron chi connectivity index (χ3n) is 3.57. The van der Waals surface area contributed by atoms with Gasteiger partial charge in [-0.2, -0.15) is 0 Å². The van der Waals surface area contributed by atoms with Gasteiger partial charge in [0.15, 0.2) is 23.1 Å². The van der Waals surface area contributed by atoms with Gasteiger partial charge in [0.1, 0.15) is 11.8 Å². The number of carbonyl (C=O) groups excluding carboxylic acids is 4. The Morgan fingerprint density at radius 3 is 2.32 bits per heavy atom. The van der Waals surface area contributed by atoms with Crippen molar-refractivity contribution < 1.29 is 19.2 Å². The van der Waals surface area contributed by atoms with Crippen molar-refractivity contribution in [1.29, 1.82) is 0 Å². The summed E-state index contributed by atoms with van der Waals surface area (Å²) in [5.41, 5.74) is 1.03. The minimum Gasteiger partial charge on any atom is -0.297 e. The molecule has 2 unspecified atom stereocenters. The van der Waals surface area contributed by atoms with Gasteiger partial charge >= 0.3 is 0 Å². The largest absolute Gasteiger partial charge is 0.297 e. The van der Waals surface area contributed by atoms with Gasteiger partial charge in [-0.25, -0.2) is 0 Å². The molecular weight excluding hydrogens is 244 g/mol. The van der Waals surface area contributed by atoms with Gasteiger partial charge in [-0.15, -0.1) is 0 Å². The molecule has 4 heteroatoms. The first-order valence-corrected chi connectivity index (χ1v) is 5.95. The van der Waals surface area contributed by atoms with Crippen LogP contribution in [-0.4, -0.2) is 23.1 Å². The summed E-state index contributed by atoms with van der Waals surface area (Å²) >= 11 is 0. The summed E-state index contributed by atoms with van der Waals surface area (Å²) in [6.07, 6.45) is 7.13. The zero-order chi connectivity index (χ0) is 13.7. The highest BCUT2D eigenvalue weighted by Gasteiger charge is 2.49. The maximum Gasteiger partial charge on any atom is 0.187 e. The van der Waals surface area contributed by atoms with Gasteiger partial charge in [-0.3, -0.25) is 19.2 Å². The predicted octanol–water partition coefficient (Wildman–Crippen LogP) is 0.891. The molecule has 3 aliphatic carbocycles. The Labute approximate surface area is 109 Å². The van der Waals surface area contributed by atoms with Crippen molar-refractivity contribution in [2.75, 3.05) is 0 Å². The minimum atomic E-state index is -1.10. The second-order valence-electron chi connectivity index (χ2n) is 4.87. The summed E-state index contributed by atoms with van der Waals surface area (Å²) in [7, 11) is 0. The molecule has 19 heavy (non-hydrogen) atoms. The summed E-state index contributed by atoms with van der Waals surface area (Å²) in [4.78, 5) is 48.4. The van der Waals surface area contributed by atoms with E-state index in [4.69, 9.17) is 0 Å². The molecule has 0 aromatic heterocycles. The van der Waals surface area contributed by atoms with E-state index in [2.05, 4.69) is 0 Å². The summed E-state index contributed by atoms with van der Waals surface area (Å²) < 4.78 is 0. The maximum atomic E-state index is 12.3. The van der Waals surface area contributed by atoms with Crippen LogP contribution in [0.4, 0.5) is 0 Å². The second kappa shape index (κ2) is 3.82. The van der Waals surface area contributed by atoms with E-state index < -0.39 is 29.2 Å². The number of fused-ring (bicyclic) bond motifs is 2. The first kappa shape index (κ1) is 11.7. The van der Waals surface area contributed by atoms with Crippen LogP contribution < -0.4 is 0 Å². The molecule has 0 saturated heterocycles. The van der Waals surface area contributed by atoms with Crippen molar-refractivity contribution >= 4 is 23.1 Å². The van der Waals surface area contributed by atoms with E-state index in [1.165, 1.54) is 24.3 Å². The average molecular weight is 254 g/mol. The van der Waals surface area contributed by atoms with Crippen LogP contribution in [0.1, 0.15) is 6.92 Å². The molecule has 0 spiro atoms. The van der Waals surface area contributed by atoms with Crippen molar-refractivity contribution in [1.82, 2.24) is 0 Å². The quantitative estimate of drug-likeness (QED) is 0.602. The van der Waals surface area contributed by atoms with Crippen LogP contribution in [0.2, 0.25) is 0 Å². The fourth-order valence-electron chi connectivity index (χ4n) is 2.75. The number of hydrogen-bond acceptors (Lipinski definition) is 4. The number of hydrogen-bond donors (Lipinski definition) is 0. The molecule has 0 radical (unpaired) electrons. The molecule has 0 amide bonds. The summed E-state index contributed by atoms with van der Waals surface area (Å²) in [5.74, 6) is -3.89. The lowest BCUT2D eigenvalue weighted by Gasteiger charge is -2.31. The summed E-state index contributed by atoms with van der Waals surface area (Å²) in [5, 5.41) is 0. The number of ketones is 4. The Balaban J connectivity index is 2.19. The Hall–Kier alpha value is -2.36. The van der Waals surface area contributed by atoms with Gasteiger partial charge < -0.3 is 0 Å². The highest BCUT2D eigenvalue weighted by molar-refractivity contribution is 6.33. The van der Waals surface area contributed by atoms with Crippen molar-refractivity contribution in [2.45, 2.75) is 6.92 Å². The topological polar surface area (TPSA) is 68.3 Å². The van der Waals surface area contributed by atoms with E-state index in [0.29, 0.717) is 5.57 Å². The highest BCUT2D eigenvalue weighted by atomic mass is 16.2. The van der Waals surface area contributed by atoms with Gasteiger partial charge in [0.2, 0.25) is 0 Å². The monoisotopic (exact) mass is 254 g/mol. The van der Waals surface area contributed by atoms with Crippen molar-refractivity contribution in [3.8, 4) is 0 Å². The highest BCUT2D eigenvalue weighted by Crippen LogP contribution is 2.37. The molecule has 0 aromatic rings. The molecule has 0 aliphatic heterocycles. The van der Waals surface area contributed by atoms with Gasteiger partial charge in [-0.05, 0) is 24.6 Å². The standard InChI is InChI=1S/C15H10O4/c1-7-5-9-13(11(17)6-7)15(19)12-8(14(9)18)3-2-4-10(12)16/h2-6,12-13H,1H3. The Bertz CT molecular complexity index is 670. The molecule has 0 bridgehead atoms. The molecule has 94 valence electrons. The first-order chi connectivity index (χ1) is 9.00. The van der Waals surface area contributed by atoms with Crippen LogP contribution in [0.15, 0.2) is 47.1 Å². The third-order valence-corrected chi connectivity index (χ3v) is 3.57. The zero-order valence-electron chi connectivity index (χ0n) is 10.2. The maximum absolute atomic E-state index is 12.3. The number of allylic oxidation sites excluding steroid dienone is 8. The van der Waals surface area contributed by atoms with Crippen LogP contribution in [0, 0.1) is 11.8 Å². The lowest BCUT2D eigenvalue weighted by Crippen LogP contribution is -2.45. The lowest BCUT2D eigenvalue weighted by molar-refractivity contribution is -0.138. The van der Waals surface area contributed by atoms with E-state index in [0.717, 1.165) is 0 Å². The molecule has 4 nitrogen and oxygen atoms in total. The van der Waals surface area contributed by atoms with Gasteiger partial charge in [0.05, 0.1) is 0 Å². The van der Waals surface area contributed by atoms with Crippen molar-refractivity contribution in [3.05, 3.63) is 47.1 Å². The minimum absolute atomic E-state index is 0.183. The van der Waals surface area contributed by atoms with Crippen LogP contribution in [0.5, 0.6) is 0 Å². The average Bonchev–Trinajstić information content (AvgIpc) is 2.34. The molecule has 3 aliphatic rings. The zero-order valence-corrected chi connectivity index (χ0v) is 10.2. The van der Waals surface area contributed by atoms with Crippen molar-refractivity contribution in [3.63, 3.8) is 0 Å². The molecular formula is C15H10O4. The van der Waals surface area contributed by atoms with Crippen molar-refractivity contribution in [2.24, 2.45) is 11.8 Å². The fourth-order valence-corrected chi connectivity index (χ4v) is 2.75. The van der Waals surface area contributed by atoms with E-state index in [1.807, 2.05) is 0 Å². The van der Waals surface area contributed by atoms with Gasteiger partial charge in [-0.1, -0.05) is 18.2 Å². The molecule has 1 fully saturated rings. The molecule has 2 atom stereocenters. The molecule has 0 N–H and O–H groups in total. The smallest absolute Gasteiger partial charge is 0.187 e. The Kier molecular flexibility index (Phi) is 2.35. The van der Waals surface area contributed by atoms with E-state index in [9.17, 15) is 19.2 Å². The van der Waals surface area contributed by atoms with E-state index in [-0.39, 0.29) is 16.9 Å². The predicted molar refractivity (Wildman–Crippen MR) is 66.1 cm³/mol. The van der Waals surface area contributed by atoms with E-state index in [1.54, 1.807) is 13.0 Å². The fraction of sp³-hybridized carbons (Fsp3) is 0.200. The SMILES string of the molecule is CC1=CC(=O)C2C(=O)C3C(=O)C=CC=C3C(=O)C2=C1. The second-order valence-corrected chi connectivity index (χ2v) is 4.87.